The normalized spacial score (nSPS) is 10.9. The molecule has 2 heterocycles. The highest BCUT2D eigenvalue weighted by Crippen LogP contribution is 2.18. The molecule has 0 spiro atoms. The lowest BCUT2D eigenvalue weighted by atomic mass is 10.1. The zero-order valence-corrected chi connectivity index (χ0v) is 10.4. The van der Waals surface area contributed by atoms with Gasteiger partial charge in [-0.05, 0) is 31.0 Å². The van der Waals surface area contributed by atoms with Crippen LogP contribution in [0.5, 0.6) is 0 Å². The van der Waals surface area contributed by atoms with Crippen molar-refractivity contribution in [1.82, 2.24) is 10.2 Å². The van der Waals surface area contributed by atoms with Crippen molar-refractivity contribution in [2.24, 2.45) is 0 Å². The Kier molecular flexibility index (Phi) is 4.42. The van der Waals surface area contributed by atoms with Crippen molar-refractivity contribution in [3.8, 4) is 11.5 Å². The third-order valence-electron chi connectivity index (χ3n) is 2.95. The van der Waals surface area contributed by atoms with Gasteiger partial charge in [0.1, 0.15) is 5.69 Å². The summed E-state index contributed by atoms with van der Waals surface area (Å²) in [5.74, 6) is 0.832. The number of nitrogens with one attached hydrogen (secondary N) is 1. The SMILES string of the molecule is CCCCCCCc1cc(-c2ccco2)n[nH]1. The van der Waals surface area contributed by atoms with Crippen molar-refractivity contribution in [3.05, 3.63) is 30.2 Å². The first-order chi connectivity index (χ1) is 8.40. The summed E-state index contributed by atoms with van der Waals surface area (Å²) in [6, 6.07) is 5.90. The maximum absolute atomic E-state index is 5.31. The second-order valence-electron chi connectivity index (χ2n) is 4.42. The average Bonchev–Trinajstić information content (AvgIpc) is 2.99. The summed E-state index contributed by atoms with van der Waals surface area (Å²) in [4.78, 5) is 0. The van der Waals surface area contributed by atoms with Crippen LogP contribution in [0, 0.1) is 0 Å². The highest BCUT2D eigenvalue weighted by atomic mass is 16.3. The molecule has 3 nitrogen and oxygen atoms in total. The number of aromatic nitrogens is 2. The molecular formula is C14H20N2O. The molecule has 0 bridgehead atoms. The second-order valence-corrected chi connectivity index (χ2v) is 4.42. The summed E-state index contributed by atoms with van der Waals surface area (Å²) in [5, 5.41) is 7.33. The van der Waals surface area contributed by atoms with Crippen LogP contribution in [-0.4, -0.2) is 10.2 Å². The van der Waals surface area contributed by atoms with Crippen molar-refractivity contribution in [1.29, 1.82) is 0 Å². The minimum absolute atomic E-state index is 0.832. The van der Waals surface area contributed by atoms with Gasteiger partial charge in [-0.3, -0.25) is 5.10 Å². The Morgan fingerprint density at radius 3 is 2.88 bits per heavy atom. The monoisotopic (exact) mass is 232 g/mol. The lowest BCUT2D eigenvalue weighted by Gasteiger charge is -1.97. The summed E-state index contributed by atoms with van der Waals surface area (Å²) >= 11 is 0. The molecule has 0 fully saturated rings. The average molecular weight is 232 g/mol. The van der Waals surface area contributed by atoms with Crippen LogP contribution in [0.15, 0.2) is 28.9 Å². The number of aromatic amines is 1. The van der Waals surface area contributed by atoms with Gasteiger partial charge < -0.3 is 4.42 Å². The molecule has 0 aliphatic heterocycles. The van der Waals surface area contributed by atoms with Crippen LogP contribution in [0.2, 0.25) is 0 Å². The minimum atomic E-state index is 0.832. The molecule has 2 aromatic rings. The van der Waals surface area contributed by atoms with Crippen LogP contribution >= 0.6 is 0 Å². The van der Waals surface area contributed by atoms with E-state index in [2.05, 4.69) is 23.2 Å². The fraction of sp³-hybridized carbons (Fsp3) is 0.500. The lowest BCUT2D eigenvalue weighted by molar-refractivity contribution is 0.580. The molecule has 17 heavy (non-hydrogen) atoms. The van der Waals surface area contributed by atoms with E-state index in [1.807, 2.05) is 12.1 Å². The molecule has 0 radical (unpaired) electrons. The number of rotatable bonds is 7. The lowest BCUT2D eigenvalue weighted by Crippen LogP contribution is -1.86. The molecule has 2 rings (SSSR count). The summed E-state index contributed by atoms with van der Waals surface area (Å²) < 4.78 is 5.31. The molecule has 0 saturated heterocycles. The summed E-state index contributed by atoms with van der Waals surface area (Å²) in [6.07, 6.45) is 9.29. The molecule has 2 aromatic heterocycles. The first-order valence-electron chi connectivity index (χ1n) is 6.48. The molecule has 0 aromatic carbocycles. The Labute approximate surface area is 102 Å². The van der Waals surface area contributed by atoms with Gasteiger partial charge in [-0.25, -0.2) is 0 Å². The number of hydrogen-bond donors (Lipinski definition) is 1. The van der Waals surface area contributed by atoms with E-state index in [9.17, 15) is 0 Å². The van der Waals surface area contributed by atoms with Crippen LogP contribution in [0.1, 0.15) is 44.7 Å². The van der Waals surface area contributed by atoms with Gasteiger partial charge in [0.05, 0.1) is 6.26 Å². The van der Waals surface area contributed by atoms with E-state index >= 15 is 0 Å². The van der Waals surface area contributed by atoms with Crippen molar-refractivity contribution in [2.45, 2.75) is 45.4 Å². The van der Waals surface area contributed by atoms with Crippen LogP contribution in [0.3, 0.4) is 0 Å². The Balaban J connectivity index is 1.79. The van der Waals surface area contributed by atoms with Gasteiger partial charge in [0.15, 0.2) is 5.76 Å². The van der Waals surface area contributed by atoms with Crippen molar-refractivity contribution < 1.29 is 4.42 Å². The molecular weight excluding hydrogens is 212 g/mol. The minimum Gasteiger partial charge on any atom is -0.463 e. The van der Waals surface area contributed by atoms with Gasteiger partial charge in [-0.15, -0.1) is 0 Å². The summed E-state index contributed by atoms with van der Waals surface area (Å²) in [5.41, 5.74) is 2.10. The first kappa shape index (κ1) is 12.0. The zero-order chi connectivity index (χ0) is 11.9. The van der Waals surface area contributed by atoms with E-state index in [0.717, 1.165) is 17.9 Å². The van der Waals surface area contributed by atoms with Crippen LogP contribution in [0.4, 0.5) is 0 Å². The topological polar surface area (TPSA) is 41.8 Å². The van der Waals surface area contributed by atoms with E-state index in [-0.39, 0.29) is 0 Å². The number of nitrogens with zero attached hydrogens (tertiary/aromatic N) is 1. The van der Waals surface area contributed by atoms with E-state index in [1.54, 1.807) is 6.26 Å². The van der Waals surface area contributed by atoms with Crippen LogP contribution < -0.4 is 0 Å². The van der Waals surface area contributed by atoms with Gasteiger partial charge in [0.2, 0.25) is 0 Å². The number of aryl methyl sites for hydroxylation is 1. The molecule has 92 valence electrons. The number of furan rings is 1. The fourth-order valence-corrected chi connectivity index (χ4v) is 1.96. The summed E-state index contributed by atoms with van der Waals surface area (Å²) in [6.45, 7) is 2.24. The highest BCUT2D eigenvalue weighted by molar-refractivity contribution is 5.51. The molecule has 3 heteroatoms. The first-order valence-corrected chi connectivity index (χ1v) is 6.48. The third kappa shape index (κ3) is 3.48. The Morgan fingerprint density at radius 1 is 1.24 bits per heavy atom. The van der Waals surface area contributed by atoms with Gasteiger partial charge in [0.25, 0.3) is 0 Å². The van der Waals surface area contributed by atoms with E-state index in [0.29, 0.717) is 0 Å². The van der Waals surface area contributed by atoms with Crippen LogP contribution in [-0.2, 0) is 6.42 Å². The van der Waals surface area contributed by atoms with Crippen molar-refractivity contribution >= 4 is 0 Å². The van der Waals surface area contributed by atoms with E-state index in [4.69, 9.17) is 4.42 Å². The van der Waals surface area contributed by atoms with Gasteiger partial charge in [0, 0.05) is 5.69 Å². The molecule has 0 unspecified atom stereocenters. The largest absolute Gasteiger partial charge is 0.463 e. The zero-order valence-electron chi connectivity index (χ0n) is 10.4. The van der Waals surface area contributed by atoms with Gasteiger partial charge in [-0.2, -0.15) is 5.10 Å². The van der Waals surface area contributed by atoms with Crippen molar-refractivity contribution in [2.75, 3.05) is 0 Å². The molecule has 1 N–H and O–H groups in total. The second kappa shape index (κ2) is 6.28. The van der Waals surface area contributed by atoms with Crippen molar-refractivity contribution in [3.63, 3.8) is 0 Å². The quantitative estimate of drug-likeness (QED) is 0.727. The predicted molar refractivity (Wildman–Crippen MR) is 68.8 cm³/mol. The summed E-state index contributed by atoms with van der Waals surface area (Å²) in [7, 11) is 0. The third-order valence-corrected chi connectivity index (χ3v) is 2.95. The molecule has 0 amide bonds. The Bertz CT molecular complexity index is 417. The van der Waals surface area contributed by atoms with Gasteiger partial charge >= 0.3 is 0 Å². The standard InChI is InChI=1S/C14H20N2O/c1-2-3-4-5-6-8-12-11-13(16-15-12)14-9-7-10-17-14/h7,9-11H,2-6,8H2,1H3,(H,15,16). The molecule has 0 atom stereocenters. The fourth-order valence-electron chi connectivity index (χ4n) is 1.96. The van der Waals surface area contributed by atoms with Gasteiger partial charge in [-0.1, -0.05) is 32.6 Å². The highest BCUT2D eigenvalue weighted by Gasteiger charge is 2.05. The molecule has 0 aliphatic rings. The van der Waals surface area contributed by atoms with E-state index < -0.39 is 0 Å². The Hall–Kier alpha value is -1.51. The Morgan fingerprint density at radius 2 is 2.12 bits per heavy atom. The number of H-pyrrole nitrogens is 1. The predicted octanol–water partition coefficient (Wildman–Crippen LogP) is 4.18. The molecule has 0 aliphatic carbocycles. The van der Waals surface area contributed by atoms with E-state index in [1.165, 1.54) is 37.8 Å². The molecule has 0 saturated carbocycles. The maximum atomic E-state index is 5.31. The number of unbranched alkanes of at least 4 members (excludes halogenated alkanes) is 4. The maximum Gasteiger partial charge on any atom is 0.154 e. The smallest absolute Gasteiger partial charge is 0.154 e. The van der Waals surface area contributed by atoms with Crippen LogP contribution in [0.25, 0.3) is 11.5 Å². The number of hydrogen-bond acceptors (Lipinski definition) is 2.